The first-order chi connectivity index (χ1) is 7.61. The lowest BCUT2D eigenvalue weighted by Gasteiger charge is -2.00. The van der Waals surface area contributed by atoms with Crippen molar-refractivity contribution in [2.45, 2.75) is 13.5 Å². The summed E-state index contributed by atoms with van der Waals surface area (Å²) in [5.74, 6) is -0.420. The van der Waals surface area contributed by atoms with Crippen LogP contribution in [0.25, 0.3) is 11.3 Å². The highest BCUT2D eigenvalue weighted by molar-refractivity contribution is 9.10. The third-order valence-electron chi connectivity index (χ3n) is 2.23. The number of hydrogen-bond donors (Lipinski definition) is 0. The summed E-state index contributed by atoms with van der Waals surface area (Å²) in [4.78, 5) is 0. The lowest BCUT2D eigenvalue weighted by molar-refractivity contribution is 0.628. The first kappa shape index (κ1) is 11.6. The summed E-state index contributed by atoms with van der Waals surface area (Å²) in [6, 6.07) is 4.58. The Hall–Kier alpha value is -0.870. The van der Waals surface area contributed by atoms with Gasteiger partial charge in [0.2, 0.25) is 0 Å². The van der Waals surface area contributed by atoms with Crippen molar-refractivity contribution in [3.63, 3.8) is 0 Å². The largest absolute Gasteiger partial charge is 0.271 e. The Bertz CT molecular complexity index is 525. The topological polar surface area (TPSA) is 17.8 Å². The van der Waals surface area contributed by atoms with Crippen LogP contribution in [0.4, 0.5) is 4.39 Å². The van der Waals surface area contributed by atoms with E-state index in [2.05, 4.69) is 21.0 Å². The molecule has 0 amide bonds. The monoisotopic (exact) mass is 302 g/mol. The van der Waals surface area contributed by atoms with E-state index in [0.29, 0.717) is 0 Å². The summed E-state index contributed by atoms with van der Waals surface area (Å²) in [5.41, 5.74) is 1.56. The molecule has 2 aromatic rings. The molecule has 1 aromatic heterocycles. The van der Waals surface area contributed by atoms with E-state index in [4.69, 9.17) is 11.6 Å². The molecule has 0 radical (unpaired) electrons. The van der Waals surface area contributed by atoms with Crippen molar-refractivity contribution in [2.75, 3.05) is 0 Å². The van der Waals surface area contributed by atoms with Crippen LogP contribution in [0.1, 0.15) is 6.92 Å². The van der Waals surface area contributed by atoms with Crippen LogP contribution in [-0.2, 0) is 6.54 Å². The summed E-state index contributed by atoms with van der Waals surface area (Å²) >= 11 is 9.15. The summed E-state index contributed by atoms with van der Waals surface area (Å²) in [6.45, 7) is 2.79. The van der Waals surface area contributed by atoms with E-state index >= 15 is 0 Å². The van der Waals surface area contributed by atoms with Gasteiger partial charge in [-0.1, -0.05) is 11.6 Å². The van der Waals surface area contributed by atoms with Gasteiger partial charge in [0, 0.05) is 18.3 Å². The molecule has 84 valence electrons. The molecule has 5 heteroatoms. The molecule has 0 aliphatic rings. The molecule has 0 saturated carbocycles. The molecule has 1 aromatic carbocycles. The molecule has 1 heterocycles. The lowest BCUT2D eigenvalue weighted by Crippen LogP contribution is -1.93. The van der Waals surface area contributed by atoms with Gasteiger partial charge in [0.05, 0.1) is 9.50 Å². The second-order valence-corrected chi connectivity index (χ2v) is 4.57. The van der Waals surface area contributed by atoms with E-state index in [9.17, 15) is 4.39 Å². The zero-order valence-electron chi connectivity index (χ0n) is 8.54. The minimum atomic E-state index is -0.420. The van der Waals surface area contributed by atoms with Gasteiger partial charge in [0.15, 0.2) is 0 Å². The van der Waals surface area contributed by atoms with Crippen LogP contribution in [0.3, 0.4) is 0 Å². The van der Waals surface area contributed by atoms with E-state index in [1.54, 1.807) is 16.8 Å². The highest BCUT2D eigenvalue weighted by Gasteiger charge is 2.10. The molecule has 0 bridgehead atoms. The van der Waals surface area contributed by atoms with E-state index in [1.807, 2.05) is 13.1 Å². The quantitative estimate of drug-likeness (QED) is 0.816. The van der Waals surface area contributed by atoms with Crippen LogP contribution in [0, 0.1) is 5.82 Å². The number of aryl methyl sites for hydroxylation is 1. The number of hydrogen-bond acceptors (Lipinski definition) is 1. The van der Waals surface area contributed by atoms with Crippen molar-refractivity contribution < 1.29 is 4.39 Å². The maximum Gasteiger partial charge on any atom is 0.141 e. The Labute approximate surface area is 106 Å². The molecule has 0 aliphatic carbocycles. The summed E-state index contributed by atoms with van der Waals surface area (Å²) in [5, 5.41) is 4.46. The van der Waals surface area contributed by atoms with Crippen molar-refractivity contribution >= 4 is 27.5 Å². The summed E-state index contributed by atoms with van der Waals surface area (Å²) in [7, 11) is 0. The third kappa shape index (κ3) is 2.13. The minimum Gasteiger partial charge on any atom is -0.271 e. The number of benzene rings is 1. The van der Waals surface area contributed by atoms with Gasteiger partial charge >= 0.3 is 0 Å². The number of halogens is 3. The van der Waals surface area contributed by atoms with Gasteiger partial charge in [-0.05, 0) is 41.1 Å². The fraction of sp³-hybridized carbons (Fsp3) is 0.182. The van der Waals surface area contributed by atoms with Gasteiger partial charge in [-0.25, -0.2) is 4.39 Å². The van der Waals surface area contributed by atoms with Gasteiger partial charge in [-0.2, -0.15) is 5.10 Å². The fourth-order valence-corrected chi connectivity index (χ4v) is 2.12. The van der Waals surface area contributed by atoms with Crippen LogP contribution in [0.5, 0.6) is 0 Å². The maximum atomic E-state index is 13.0. The molecule has 0 N–H and O–H groups in total. The predicted molar refractivity (Wildman–Crippen MR) is 66.0 cm³/mol. The number of aromatic nitrogens is 2. The SMILES string of the molecule is CCn1cc(Br)c(-c2ccc(F)c(Cl)c2)n1. The zero-order chi connectivity index (χ0) is 11.7. The highest BCUT2D eigenvalue weighted by Crippen LogP contribution is 2.29. The normalized spacial score (nSPS) is 10.8. The summed E-state index contributed by atoms with van der Waals surface area (Å²) in [6.07, 6.45) is 1.88. The van der Waals surface area contributed by atoms with Crippen molar-refractivity contribution in [1.82, 2.24) is 9.78 Å². The molecular formula is C11H9BrClFN2. The van der Waals surface area contributed by atoms with Crippen LogP contribution >= 0.6 is 27.5 Å². The highest BCUT2D eigenvalue weighted by atomic mass is 79.9. The molecular weight excluding hydrogens is 294 g/mol. The van der Waals surface area contributed by atoms with Gasteiger partial charge < -0.3 is 0 Å². The molecule has 0 saturated heterocycles. The van der Waals surface area contributed by atoms with Crippen LogP contribution in [-0.4, -0.2) is 9.78 Å². The number of nitrogens with zero attached hydrogens (tertiary/aromatic N) is 2. The van der Waals surface area contributed by atoms with Gasteiger partial charge in [0.1, 0.15) is 11.5 Å². The van der Waals surface area contributed by atoms with Gasteiger partial charge in [0.25, 0.3) is 0 Å². The molecule has 0 spiro atoms. The van der Waals surface area contributed by atoms with Crippen molar-refractivity contribution in [1.29, 1.82) is 0 Å². The minimum absolute atomic E-state index is 0.107. The Morgan fingerprint density at radius 2 is 2.25 bits per heavy atom. The molecule has 2 nitrogen and oxygen atoms in total. The first-order valence-corrected chi connectivity index (χ1v) is 5.97. The van der Waals surface area contributed by atoms with Crippen molar-refractivity contribution in [3.05, 3.63) is 39.7 Å². The lowest BCUT2D eigenvalue weighted by atomic mass is 10.1. The molecule has 0 aliphatic heterocycles. The van der Waals surface area contributed by atoms with E-state index < -0.39 is 5.82 Å². The zero-order valence-corrected chi connectivity index (χ0v) is 10.9. The van der Waals surface area contributed by atoms with E-state index in [-0.39, 0.29) is 5.02 Å². The molecule has 2 rings (SSSR count). The predicted octanol–water partition coefficient (Wildman–Crippen LogP) is 4.13. The van der Waals surface area contributed by atoms with E-state index in [1.165, 1.54) is 6.07 Å². The maximum absolute atomic E-state index is 13.0. The van der Waals surface area contributed by atoms with Gasteiger partial charge in [-0.15, -0.1) is 0 Å². The van der Waals surface area contributed by atoms with Crippen LogP contribution < -0.4 is 0 Å². The average molecular weight is 304 g/mol. The number of rotatable bonds is 2. The Kier molecular flexibility index (Phi) is 3.30. The molecule has 0 atom stereocenters. The summed E-state index contributed by atoms with van der Waals surface area (Å²) < 4.78 is 15.7. The second kappa shape index (κ2) is 4.55. The van der Waals surface area contributed by atoms with Crippen molar-refractivity contribution in [2.24, 2.45) is 0 Å². The fourth-order valence-electron chi connectivity index (χ4n) is 1.40. The van der Waals surface area contributed by atoms with Crippen LogP contribution in [0.15, 0.2) is 28.9 Å². The smallest absolute Gasteiger partial charge is 0.141 e. The average Bonchev–Trinajstić information content (AvgIpc) is 2.64. The Morgan fingerprint density at radius 1 is 1.50 bits per heavy atom. The van der Waals surface area contributed by atoms with Crippen LogP contribution in [0.2, 0.25) is 5.02 Å². The van der Waals surface area contributed by atoms with Gasteiger partial charge in [-0.3, -0.25) is 4.68 Å². The van der Waals surface area contributed by atoms with Crippen molar-refractivity contribution in [3.8, 4) is 11.3 Å². The van der Waals surface area contributed by atoms with E-state index in [0.717, 1.165) is 22.3 Å². The third-order valence-corrected chi connectivity index (χ3v) is 3.10. The molecule has 16 heavy (non-hydrogen) atoms. The molecule has 0 unspecified atom stereocenters. The second-order valence-electron chi connectivity index (χ2n) is 3.31. The first-order valence-electron chi connectivity index (χ1n) is 4.80. The Morgan fingerprint density at radius 3 is 2.81 bits per heavy atom. The molecule has 0 fully saturated rings. The Balaban J connectivity index is 2.49. The standard InChI is InChI=1S/C11H9BrClFN2/c1-2-16-6-8(12)11(15-16)7-3-4-10(14)9(13)5-7/h3-6H,2H2,1H3.